The lowest BCUT2D eigenvalue weighted by Crippen LogP contribution is -2.33. The predicted molar refractivity (Wildman–Crippen MR) is 145 cm³/mol. The molecule has 0 fully saturated rings. The molecule has 0 heterocycles. The lowest BCUT2D eigenvalue weighted by atomic mass is 10.1. The fraction of sp³-hybridized carbons (Fsp3) is 0.161. The highest BCUT2D eigenvalue weighted by atomic mass is 16.5. The molecule has 5 nitrogen and oxygen atoms in total. The Kier molecular flexibility index (Phi) is 8.14. The van der Waals surface area contributed by atoms with E-state index in [2.05, 4.69) is 17.4 Å². The van der Waals surface area contributed by atoms with Gasteiger partial charge in [-0.25, -0.2) is 0 Å². The third-order valence-electron chi connectivity index (χ3n) is 5.91. The van der Waals surface area contributed by atoms with Gasteiger partial charge in [-0.3, -0.25) is 9.59 Å². The Labute approximate surface area is 212 Å². The summed E-state index contributed by atoms with van der Waals surface area (Å²) in [7, 11) is 0. The van der Waals surface area contributed by atoms with Gasteiger partial charge in [-0.1, -0.05) is 73.7 Å². The number of carbonyl (C=O) groups is 2. The van der Waals surface area contributed by atoms with Gasteiger partial charge in [0.1, 0.15) is 5.75 Å². The molecule has 1 N–H and O–H groups in total. The third kappa shape index (κ3) is 5.99. The zero-order chi connectivity index (χ0) is 25.3. The van der Waals surface area contributed by atoms with Crippen molar-refractivity contribution in [2.45, 2.75) is 26.4 Å². The van der Waals surface area contributed by atoms with Crippen LogP contribution in [0.25, 0.3) is 11.1 Å². The molecule has 4 aromatic rings. The van der Waals surface area contributed by atoms with Gasteiger partial charge in [-0.05, 0) is 66.9 Å². The van der Waals surface area contributed by atoms with Crippen LogP contribution in [0, 0.1) is 0 Å². The maximum absolute atomic E-state index is 13.2. The number of ether oxygens (including phenoxy) is 1. The first kappa shape index (κ1) is 24.7. The number of nitrogens with one attached hydrogen (secondary N) is 1. The molecule has 0 bridgehead atoms. The van der Waals surface area contributed by atoms with Crippen LogP contribution >= 0.6 is 0 Å². The molecule has 0 aliphatic rings. The molecule has 5 heteroatoms. The molecular formula is C31H30N2O3. The number of anilines is 2. The molecule has 4 aromatic carbocycles. The van der Waals surface area contributed by atoms with Crippen LogP contribution in [0.15, 0.2) is 109 Å². The minimum atomic E-state index is -0.664. The number of benzene rings is 4. The normalized spacial score (nSPS) is 11.4. The van der Waals surface area contributed by atoms with Gasteiger partial charge in [0.25, 0.3) is 11.8 Å². The lowest BCUT2D eigenvalue weighted by molar-refractivity contribution is -0.122. The van der Waals surface area contributed by atoms with Gasteiger partial charge in [-0.15, -0.1) is 0 Å². The Morgan fingerprint density at radius 1 is 0.778 bits per heavy atom. The highest BCUT2D eigenvalue weighted by Crippen LogP contribution is 2.24. The minimum absolute atomic E-state index is 0.124. The molecule has 0 saturated carbocycles. The zero-order valence-corrected chi connectivity index (χ0v) is 20.6. The summed E-state index contributed by atoms with van der Waals surface area (Å²) in [6, 6.07) is 34.3. The van der Waals surface area contributed by atoms with E-state index in [9.17, 15) is 9.59 Å². The Bertz CT molecular complexity index is 1290. The van der Waals surface area contributed by atoms with Crippen LogP contribution in [0.4, 0.5) is 11.4 Å². The van der Waals surface area contributed by atoms with E-state index in [1.165, 1.54) is 0 Å². The van der Waals surface area contributed by atoms with E-state index in [4.69, 9.17) is 4.74 Å². The molecule has 0 spiro atoms. The summed E-state index contributed by atoms with van der Waals surface area (Å²) in [5.74, 6) is 0.244. The van der Waals surface area contributed by atoms with E-state index in [0.29, 0.717) is 30.0 Å². The van der Waals surface area contributed by atoms with Gasteiger partial charge in [-0.2, -0.15) is 0 Å². The van der Waals surface area contributed by atoms with E-state index < -0.39 is 6.10 Å². The average Bonchev–Trinajstić information content (AvgIpc) is 2.93. The van der Waals surface area contributed by atoms with Crippen LogP contribution in [0.5, 0.6) is 5.75 Å². The van der Waals surface area contributed by atoms with Crippen molar-refractivity contribution >= 4 is 23.2 Å². The Morgan fingerprint density at radius 2 is 1.42 bits per heavy atom. The molecule has 1 atom stereocenters. The zero-order valence-electron chi connectivity index (χ0n) is 20.6. The standard InChI is InChI=1S/C31H30N2O3/c1-3-29(36-28-20-18-24(19-21-28)23-12-7-5-8-13-23)30(34)32-26-15-11-14-25(22-26)31(35)33(4-2)27-16-9-6-10-17-27/h5-22,29H,3-4H2,1-2H3,(H,32,34). The van der Waals surface area contributed by atoms with Crippen LogP contribution in [0.2, 0.25) is 0 Å². The first-order valence-electron chi connectivity index (χ1n) is 12.2. The predicted octanol–water partition coefficient (Wildman–Crippen LogP) is 6.82. The molecule has 4 rings (SSSR count). The fourth-order valence-corrected chi connectivity index (χ4v) is 4.00. The van der Waals surface area contributed by atoms with Crippen molar-refractivity contribution in [1.29, 1.82) is 0 Å². The third-order valence-corrected chi connectivity index (χ3v) is 5.91. The van der Waals surface area contributed by atoms with Crippen molar-refractivity contribution in [3.05, 3.63) is 115 Å². The molecule has 0 aromatic heterocycles. The van der Waals surface area contributed by atoms with E-state index in [0.717, 1.165) is 16.8 Å². The maximum atomic E-state index is 13.2. The van der Waals surface area contributed by atoms with Crippen molar-refractivity contribution in [2.75, 3.05) is 16.8 Å². The largest absolute Gasteiger partial charge is 0.481 e. The quantitative estimate of drug-likeness (QED) is 0.287. The summed E-state index contributed by atoms with van der Waals surface area (Å²) in [5, 5.41) is 2.91. The maximum Gasteiger partial charge on any atom is 0.265 e. The van der Waals surface area contributed by atoms with Crippen LogP contribution in [0.1, 0.15) is 30.6 Å². The van der Waals surface area contributed by atoms with E-state index in [-0.39, 0.29) is 11.8 Å². The monoisotopic (exact) mass is 478 g/mol. The van der Waals surface area contributed by atoms with Crippen molar-refractivity contribution < 1.29 is 14.3 Å². The second-order valence-electron chi connectivity index (χ2n) is 8.36. The van der Waals surface area contributed by atoms with Gasteiger partial charge >= 0.3 is 0 Å². The minimum Gasteiger partial charge on any atom is -0.481 e. The van der Waals surface area contributed by atoms with Crippen LogP contribution in [-0.2, 0) is 4.79 Å². The number of carbonyl (C=O) groups excluding carboxylic acids is 2. The first-order chi connectivity index (χ1) is 17.6. The molecule has 36 heavy (non-hydrogen) atoms. The molecular weight excluding hydrogens is 448 g/mol. The van der Waals surface area contributed by atoms with Crippen LogP contribution in [-0.4, -0.2) is 24.5 Å². The highest BCUT2D eigenvalue weighted by Gasteiger charge is 2.20. The van der Waals surface area contributed by atoms with E-state index in [1.807, 2.05) is 86.6 Å². The number of hydrogen-bond acceptors (Lipinski definition) is 3. The average molecular weight is 479 g/mol. The highest BCUT2D eigenvalue weighted by molar-refractivity contribution is 6.07. The molecule has 0 radical (unpaired) electrons. The van der Waals surface area contributed by atoms with Crippen molar-refractivity contribution in [3.8, 4) is 16.9 Å². The molecule has 0 aliphatic carbocycles. The Morgan fingerprint density at radius 3 is 2.06 bits per heavy atom. The summed E-state index contributed by atoms with van der Waals surface area (Å²) in [6.07, 6.45) is -0.161. The topological polar surface area (TPSA) is 58.6 Å². The first-order valence-corrected chi connectivity index (χ1v) is 12.2. The van der Waals surface area contributed by atoms with E-state index in [1.54, 1.807) is 29.2 Å². The number of nitrogens with zero attached hydrogens (tertiary/aromatic N) is 1. The van der Waals surface area contributed by atoms with Crippen molar-refractivity contribution in [1.82, 2.24) is 0 Å². The van der Waals surface area contributed by atoms with Crippen molar-refractivity contribution in [2.24, 2.45) is 0 Å². The lowest BCUT2D eigenvalue weighted by Gasteiger charge is -2.21. The molecule has 1 unspecified atom stereocenters. The van der Waals surface area contributed by atoms with Gasteiger partial charge < -0.3 is 15.0 Å². The molecule has 0 aliphatic heterocycles. The number of para-hydroxylation sites is 1. The van der Waals surface area contributed by atoms with Crippen LogP contribution < -0.4 is 15.0 Å². The van der Waals surface area contributed by atoms with E-state index >= 15 is 0 Å². The summed E-state index contributed by atoms with van der Waals surface area (Å²) in [5.41, 5.74) is 4.09. The molecule has 0 saturated heterocycles. The second-order valence-corrected chi connectivity index (χ2v) is 8.36. The van der Waals surface area contributed by atoms with Gasteiger partial charge in [0.05, 0.1) is 0 Å². The summed E-state index contributed by atoms with van der Waals surface area (Å²) < 4.78 is 5.99. The molecule has 2 amide bonds. The second kappa shape index (κ2) is 11.8. The van der Waals surface area contributed by atoms with Crippen LogP contribution in [0.3, 0.4) is 0 Å². The smallest absolute Gasteiger partial charge is 0.265 e. The van der Waals surface area contributed by atoms with Gasteiger partial charge in [0.2, 0.25) is 0 Å². The summed E-state index contributed by atoms with van der Waals surface area (Å²) >= 11 is 0. The summed E-state index contributed by atoms with van der Waals surface area (Å²) in [4.78, 5) is 27.9. The van der Waals surface area contributed by atoms with Crippen molar-refractivity contribution in [3.63, 3.8) is 0 Å². The Hall–Kier alpha value is -4.38. The molecule has 182 valence electrons. The number of rotatable bonds is 9. The SMILES string of the molecule is CCC(Oc1ccc(-c2ccccc2)cc1)C(=O)Nc1cccc(C(=O)N(CC)c2ccccc2)c1. The summed E-state index contributed by atoms with van der Waals surface area (Å²) in [6.45, 7) is 4.38. The fourth-order valence-electron chi connectivity index (χ4n) is 4.00. The number of amides is 2. The van der Waals surface area contributed by atoms with Gasteiger partial charge in [0.15, 0.2) is 6.10 Å². The number of hydrogen-bond donors (Lipinski definition) is 1. The Balaban J connectivity index is 1.43. The van der Waals surface area contributed by atoms with Gasteiger partial charge in [0, 0.05) is 23.5 Å².